The fourth-order valence-corrected chi connectivity index (χ4v) is 2.27. The van der Waals surface area contributed by atoms with E-state index in [9.17, 15) is 0 Å². The molecule has 0 aromatic heterocycles. The zero-order valence-electron chi connectivity index (χ0n) is 8.06. The molecule has 2 fully saturated rings. The lowest BCUT2D eigenvalue weighted by molar-refractivity contribution is -0.170. The van der Waals surface area contributed by atoms with Gasteiger partial charge in [-0.15, -0.1) is 0 Å². The van der Waals surface area contributed by atoms with Crippen LogP contribution in [0.3, 0.4) is 0 Å². The van der Waals surface area contributed by atoms with Crippen molar-refractivity contribution < 1.29 is 14.6 Å². The predicted octanol–water partition coefficient (Wildman–Crippen LogP) is 0.886. The highest BCUT2D eigenvalue weighted by Gasteiger charge is 2.50. The summed E-state index contributed by atoms with van der Waals surface area (Å²) in [6, 6.07) is 0. The van der Waals surface area contributed by atoms with Gasteiger partial charge >= 0.3 is 6.54 Å². The van der Waals surface area contributed by atoms with Crippen LogP contribution in [0.1, 0.15) is 25.7 Å². The topological polar surface area (TPSA) is 66.8 Å². The Morgan fingerprint density at radius 2 is 1.93 bits per heavy atom. The molecule has 14 heavy (non-hydrogen) atoms. The second-order valence-corrected chi connectivity index (χ2v) is 3.94. The lowest BCUT2D eigenvalue weighted by Gasteiger charge is -2.21. The van der Waals surface area contributed by atoms with Crippen LogP contribution in [0.2, 0.25) is 0 Å². The number of hydrogen-bond donors (Lipinski definition) is 1. The van der Waals surface area contributed by atoms with Gasteiger partial charge in [-0.25, -0.2) is 0 Å². The molecule has 5 nitrogen and oxygen atoms in total. The van der Waals surface area contributed by atoms with Crippen molar-refractivity contribution in [2.45, 2.75) is 43.7 Å². The molecule has 1 N–H and O–H groups in total. The van der Waals surface area contributed by atoms with Gasteiger partial charge < -0.3 is 14.6 Å². The van der Waals surface area contributed by atoms with E-state index < -0.39 is 5.79 Å². The number of hydrogen-bond acceptors (Lipinski definition) is 4. The van der Waals surface area contributed by atoms with Gasteiger partial charge in [0.1, 0.15) is 11.1 Å². The predicted molar refractivity (Wildman–Crippen MR) is 48.0 cm³/mol. The van der Waals surface area contributed by atoms with Crippen molar-refractivity contribution in [3.8, 4) is 0 Å². The third-order valence-corrected chi connectivity index (χ3v) is 2.95. The van der Waals surface area contributed by atoms with Gasteiger partial charge in [0.2, 0.25) is 5.39 Å². The van der Waals surface area contributed by atoms with E-state index in [1.807, 2.05) is 0 Å². The van der Waals surface area contributed by atoms with E-state index >= 15 is 0 Å². The normalized spacial score (nSPS) is 34.9. The van der Waals surface area contributed by atoms with Crippen molar-refractivity contribution in [3.63, 3.8) is 0 Å². The molecule has 1 aliphatic carbocycles. The van der Waals surface area contributed by atoms with Crippen molar-refractivity contribution >= 4 is 0 Å². The first-order valence-corrected chi connectivity index (χ1v) is 5.07. The summed E-state index contributed by atoms with van der Waals surface area (Å²) in [5.41, 5.74) is 0. The third-order valence-electron chi connectivity index (χ3n) is 2.95. The standard InChI is InChI=1S/C9H15N2O3/c10-11-5-7-8(6-12)14-9(13-7)3-1-2-4-9/h7-8,12H,1-6H2/q+1/t7-,8-/m0/s1. The van der Waals surface area contributed by atoms with Gasteiger partial charge in [0.15, 0.2) is 11.9 Å². The van der Waals surface area contributed by atoms with E-state index in [4.69, 9.17) is 20.0 Å². The minimum absolute atomic E-state index is 0.0814. The van der Waals surface area contributed by atoms with Gasteiger partial charge in [0.25, 0.3) is 0 Å². The molecule has 78 valence electrons. The van der Waals surface area contributed by atoms with Crippen LogP contribution in [0.4, 0.5) is 0 Å². The molecule has 0 unspecified atom stereocenters. The number of aliphatic hydroxyl groups excluding tert-OH is 1. The Kier molecular flexibility index (Phi) is 2.68. The van der Waals surface area contributed by atoms with Crippen LogP contribution in [0.5, 0.6) is 0 Å². The molecule has 1 saturated heterocycles. The summed E-state index contributed by atoms with van der Waals surface area (Å²) in [5.74, 6) is -0.497. The van der Waals surface area contributed by atoms with Gasteiger partial charge in [-0.1, -0.05) is 0 Å². The van der Waals surface area contributed by atoms with Crippen molar-refractivity contribution in [3.05, 3.63) is 4.98 Å². The third kappa shape index (κ3) is 1.61. The summed E-state index contributed by atoms with van der Waals surface area (Å²) >= 11 is 0. The molecular formula is C9H15N2O3+. The number of nitrogens with zero attached hydrogens (tertiary/aromatic N) is 2. The Labute approximate surface area is 82.6 Å². The second-order valence-electron chi connectivity index (χ2n) is 3.94. The highest BCUT2D eigenvalue weighted by atomic mass is 16.8. The summed E-state index contributed by atoms with van der Waals surface area (Å²) in [7, 11) is 0. The maximum atomic E-state index is 9.08. The monoisotopic (exact) mass is 199 g/mol. The van der Waals surface area contributed by atoms with Crippen molar-refractivity contribution in [2.24, 2.45) is 0 Å². The average molecular weight is 199 g/mol. The zero-order valence-corrected chi connectivity index (χ0v) is 8.06. The molecule has 5 heteroatoms. The maximum Gasteiger partial charge on any atom is 0.333 e. The van der Waals surface area contributed by atoms with Crippen molar-refractivity contribution in [1.29, 1.82) is 5.39 Å². The van der Waals surface area contributed by atoms with Gasteiger partial charge in [-0.3, -0.25) is 0 Å². The number of rotatable bonds is 2. The fourth-order valence-electron chi connectivity index (χ4n) is 2.27. The highest BCUT2D eigenvalue weighted by Crippen LogP contribution is 2.41. The van der Waals surface area contributed by atoms with E-state index in [-0.39, 0.29) is 25.4 Å². The lowest BCUT2D eigenvalue weighted by atomic mass is 10.2. The van der Waals surface area contributed by atoms with Crippen LogP contribution < -0.4 is 0 Å². The average Bonchev–Trinajstić information content (AvgIpc) is 2.76. The molecule has 0 aromatic carbocycles. The first-order valence-electron chi connectivity index (χ1n) is 5.07. The Morgan fingerprint density at radius 1 is 1.29 bits per heavy atom. The Hall–Kier alpha value is -0.700. The van der Waals surface area contributed by atoms with Gasteiger partial charge in [0, 0.05) is 12.8 Å². The molecule has 2 atom stereocenters. The molecule has 0 amide bonds. The Balaban J connectivity index is 2.03. The summed E-state index contributed by atoms with van der Waals surface area (Å²) in [4.78, 5) is 3.05. The Morgan fingerprint density at radius 3 is 2.50 bits per heavy atom. The summed E-state index contributed by atoms with van der Waals surface area (Å²) in [5, 5.41) is 17.6. The quantitative estimate of drug-likeness (QED) is 0.670. The highest BCUT2D eigenvalue weighted by molar-refractivity contribution is 4.91. The first-order chi connectivity index (χ1) is 6.79. The molecule has 2 rings (SSSR count). The molecule has 1 saturated carbocycles. The first kappa shape index (κ1) is 9.84. The largest absolute Gasteiger partial charge is 0.394 e. The Bertz CT molecular complexity index is 245. The van der Waals surface area contributed by atoms with E-state index in [0.717, 1.165) is 25.7 Å². The fraction of sp³-hybridized carbons (Fsp3) is 1.00. The maximum absolute atomic E-state index is 9.08. The van der Waals surface area contributed by atoms with Crippen LogP contribution in [0.25, 0.3) is 4.98 Å². The van der Waals surface area contributed by atoms with Crippen LogP contribution in [-0.2, 0) is 9.47 Å². The van der Waals surface area contributed by atoms with E-state index in [2.05, 4.69) is 4.98 Å². The van der Waals surface area contributed by atoms with Crippen molar-refractivity contribution in [2.75, 3.05) is 13.2 Å². The summed E-state index contributed by atoms with van der Waals surface area (Å²) < 4.78 is 11.4. The lowest BCUT2D eigenvalue weighted by Crippen LogP contribution is -2.28. The number of diazo groups is 1. The van der Waals surface area contributed by atoms with Gasteiger partial charge in [0.05, 0.1) is 6.61 Å². The second kappa shape index (κ2) is 3.81. The minimum Gasteiger partial charge on any atom is -0.394 e. The molecule has 0 bridgehead atoms. The number of aliphatic hydroxyl groups is 1. The summed E-state index contributed by atoms with van der Waals surface area (Å²) in [6.07, 6.45) is 3.31. The molecule has 2 aliphatic rings. The molecule has 0 radical (unpaired) electrons. The van der Waals surface area contributed by atoms with Crippen molar-refractivity contribution in [1.82, 2.24) is 0 Å². The number of ether oxygens (including phenoxy) is 2. The van der Waals surface area contributed by atoms with E-state index in [1.54, 1.807) is 0 Å². The minimum atomic E-state index is -0.497. The van der Waals surface area contributed by atoms with Crippen LogP contribution in [-0.4, -0.2) is 36.3 Å². The smallest absolute Gasteiger partial charge is 0.333 e. The van der Waals surface area contributed by atoms with E-state index in [0.29, 0.717) is 0 Å². The molecular weight excluding hydrogens is 184 g/mol. The van der Waals surface area contributed by atoms with Crippen LogP contribution in [0, 0.1) is 5.39 Å². The molecule has 1 aliphatic heterocycles. The molecule has 1 spiro atoms. The van der Waals surface area contributed by atoms with Gasteiger partial charge in [-0.05, 0) is 12.8 Å². The van der Waals surface area contributed by atoms with Crippen LogP contribution >= 0.6 is 0 Å². The van der Waals surface area contributed by atoms with Crippen LogP contribution in [0.15, 0.2) is 0 Å². The summed E-state index contributed by atoms with van der Waals surface area (Å²) in [6.45, 7) is 0.0922. The SMILES string of the molecule is N#[N+]C[C@@H]1OC2(CCCC2)O[C@H]1CO. The molecule has 1 heterocycles. The zero-order chi connectivity index (χ0) is 10.0. The molecule has 0 aromatic rings. The van der Waals surface area contributed by atoms with Gasteiger partial charge in [-0.2, -0.15) is 0 Å². The van der Waals surface area contributed by atoms with E-state index in [1.165, 1.54) is 0 Å².